The number of aliphatic hydroxyl groups is 1. The Morgan fingerprint density at radius 3 is 2.41 bits per heavy atom. The van der Waals surface area contributed by atoms with Gasteiger partial charge in [0.25, 0.3) is 0 Å². The molecule has 120 valence electrons. The van der Waals surface area contributed by atoms with Gasteiger partial charge in [0.15, 0.2) is 11.6 Å². The van der Waals surface area contributed by atoms with Crippen LogP contribution in [0, 0.1) is 23.0 Å². The highest BCUT2D eigenvalue weighted by Crippen LogP contribution is 2.39. The maximum absolute atomic E-state index is 13.2. The molecule has 0 bridgehead atoms. The Labute approximate surface area is 127 Å². The van der Waals surface area contributed by atoms with E-state index in [1.807, 2.05) is 13.8 Å². The van der Waals surface area contributed by atoms with Crippen LogP contribution >= 0.6 is 0 Å². The molecule has 6 heteroatoms. The first-order valence-electron chi connectivity index (χ1n) is 7.14. The summed E-state index contributed by atoms with van der Waals surface area (Å²) in [5, 5.41) is 10.1. The molecule has 22 heavy (non-hydrogen) atoms. The lowest BCUT2D eigenvalue weighted by molar-refractivity contribution is -0.143. The van der Waals surface area contributed by atoms with E-state index in [0.717, 1.165) is 17.0 Å². The van der Waals surface area contributed by atoms with Gasteiger partial charge in [0.2, 0.25) is 11.8 Å². The molecule has 0 unspecified atom stereocenters. The van der Waals surface area contributed by atoms with Gasteiger partial charge in [-0.1, -0.05) is 19.9 Å². The zero-order chi connectivity index (χ0) is 16.7. The van der Waals surface area contributed by atoms with Crippen molar-refractivity contribution in [3.63, 3.8) is 0 Å². The number of imide groups is 1. The molecule has 4 nitrogen and oxygen atoms in total. The number of rotatable bonds is 4. The van der Waals surface area contributed by atoms with E-state index in [1.54, 1.807) is 6.92 Å². The topological polar surface area (TPSA) is 57.6 Å². The third-order valence-corrected chi connectivity index (χ3v) is 4.51. The molecular weight excluding hydrogens is 292 g/mol. The van der Waals surface area contributed by atoms with E-state index in [2.05, 4.69) is 0 Å². The molecule has 1 aromatic carbocycles. The van der Waals surface area contributed by atoms with Crippen LogP contribution in [0.4, 0.5) is 8.78 Å². The van der Waals surface area contributed by atoms with E-state index in [4.69, 9.17) is 0 Å². The Morgan fingerprint density at radius 2 is 1.91 bits per heavy atom. The Kier molecular flexibility index (Phi) is 4.33. The smallest absolute Gasteiger partial charge is 0.235 e. The van der Waals surface area contributed by atoms with Gasteiger partial charge in [-0.2, -0.15) is 0 Å². The third-order valence-electron chi connectivity index (χ3n) is 4.51. The summed E-state index contributed by atoms with van der Waals surface area (Å²) in [6, 6.07) is 3.00. The Morgan fingerprint density at radius 1 is 1.27 bits per heavy atom. The minimum Gasteiger partial charge on any atom is -0.387 e. The molecule has 0 radical (unpaired) electrons. The van der Waals surface area contributed by atoms with Crippen LogP contribution in [0.25, 0.3) is 0 Å². The van der Waals surface area contributed by atoms with Crippen LogP contribution in [0.5, 0.6) is 0 Å². The number of carbonyl (C=O) groups is 2. The lowest BCUT2D eigenvalue weighted by atomic mass is 9.78. The maximum atomic E-state index is 13.2. The van der Waals surface area contributed by atoms with Gasteiger partial charge >= 0.3 is 0 Å². The van der Waals surface area contributed by atoms with Crippen molar-refractivity contribution in [3.8, 4) is 0 Å². The highest BCUT2D eigenvalue weighted by Gasteiger charge is 2.50. The standard InChI is InChI=1S/C16H19F2NO3/c1-9(2)16(3)7-14(21)19(15(16)22)8-13(20)10-4-5-11(17)12(18)6-10/h4-6,9,13,20H,7-8H2,1-3H3/t13-,16+/m1/s1. The summed E-state index contributed by atoms with van der Waals surface area (Å²) in [5.41, 5.74) is -0.664. The van der Waals surface area contributed by atoms with Crippen molar-refractivity contribution in [2.45, 2.75) is 33.3 Å². The van der Waals surface area contributed by atoms with E-state index in [9.17, 15) is 23.5 Å². The first kappa shape index (κ1) is 16.5. The molecule has 1 saturated heterocycles. The highest BCUT2D eigenvalue weighted by molar-refractivity contribution is 6.05. The molecule has 0 aliphatic carbocycles. The molecule has 2 amide bonds. The van der Waals surface area contributed by atoms with Crippen LogP contribution in [0.2, 0.25) is 0 Å². The number of carbonyl (C=O) groups excluding carboxylic acids is 2. The molecule has 1 aromatic rings. The predicted molar refractivity (Wildman–Crippen MR) is 75.6 cm³/mol. The number of aliphatic hydroxyl groups excluding tert-OH is 1. The number of amides is 2. The molecule has 1 aliphatic rings. The predicted octanol–water partition coefficient (Wildman–Crippen LogP) is 2.42. The molecule has 1 aliphatic heterocycles. The van der Waals surface area contributed by atoms with Crippen LogP contribution in [-0.4, -0.2) is 28.4 Å². The second-order valence-electron chi connectivity index (χ2n) is 6.25. The Bertz CT molecular complexity index is 617. The van der Waals surface area contributed by atoms with Crippen molar-refractivity contribution >= 4 is 11.8 Å². The zero-order valence-electron chi connectivity index (χ0n) is 12.8. The average molecular weight is 311 g/mol. The maximum Gasteiger partial charge on any atom is 0.235 e. The third kappa shape index (κ3) is 2.75. The summed E-state index contributed by atoms with van der Waals surface area (Å²) >= 11 is 0. The number of β-amino-alcohol motifs (C(OH)–C–C–N with tert-alkyl or cyclic N) is 1. The SMILES string of the molecule is CC(C)[C@]1(C)CC(=O)N(C[C@@H](O)c2ccc(F)c(F)c2)C1=O. The normalized spacial score (nSPS) is 23.5. The highest BCUT2D eigenvalue weighted by atomic mass is 19.2. The van der Waals surface area contributed by atoms with Gasteiger partial charge in [0.05, 0.1) is 18.1 Å². The first-order valence-corrected chi connectivity index (χ1v) is 7.14. The molecule has 1 fully saturated rings. The van der Waals surface area contributed by atoms with Crippen molar-refractivity contribution in [2.75, 3.05) is 6.54 Å². The van der Waals surface area contributed by atoms with Crippen LogP contribution < -0.4 is 0 Å². The average Bonchev–Trinajstić information content (AvgIpc) is 2.66. The van der Waals surface area contributed by atoms with Gasteiger partial charge in [0, 0.05) is 6.42 Å². The minimum absolute atomic E-state index is 0.0191. The van der Waals surface area contributed by atoms with E-state index < -0.39 is 23.2 Å². The molecule has 0 aromatic heterocycles. The van der Waals surface area contributed by atoms with Crippen molar-refractivity contribution in [3.05, 3.63) is 35.4 Å². The molecule has 0 spiro atoms. The number of halogens is 2. The fraction of sp³-hybridized carbons (Fsp3) is 0.500. The van der Waals surface area contributed by atoms with Crippen molar-refractivity contribution in [1.82, 2.24) is 4.90 Å². The molecule has 0 saturated carbocycles. The summed E-state index contributed by atoms with van der Waals surface area (Å²) < 4.78 is 26.1. The molecule has 1 heterocycles. The van der Waals surface area contributed by atoms with E-state index in [-0.39, 0.29) is 36.3 Å². The van der Waals surface area contributed by atoms with Crippen LogP contribution in [0.3, 0.4) is 0 Å². The number of benzene rings is 1. The fourth-order valence-electron chi connectivity index (χ4n) is 2.54. The van der Waals surface area contributed by atoms with Crippen LogP contribution in [0.1, 0.15) is 38.9 Å². The summed E-state index contributed by atoms with van der Waals surface area (Å²) in [4.78, 5) is 25.5. The summed E-state index contributed by atoms with van der Waals surface area (Å²) in [5.74, 6) is -2.81. The van der Waals surface area contributed by atoms with Gasteiger partial charge < -0.3 is 5.11 Å². The van der Waals surface area contributed by atoms with Gasteiger partial charge in [-0.25, -0.2) is 8.78 Å². The zero-order valence-corrected chi connectivity index (χ0v) is 12.8. The number of hydrogen-bond acceptors (Lipinski definition) is 3. The Balaban J connectivity index is 2.18. The minimum atomic E-state index is -1.25. The van der Waals surface area contributed by atoms with Crippen molar-refractivity contribution < 1.29 is 23.5 Å². The van der Waals surface area contributed by atoms with Crippen LogP contribution in [0.15, 0.2) is 18.2 Å². The number of nitrogens with zero attached hydrogens (tertiary/aromatic N) is 1. The van der Waals surface area contributed by atoms with Crippen molar-refractivity contribution in [2.24, 2.45) is 11.3 Å². The molecule has 1 N–H and O–H groups in total. The summed E-state index contributed by atoms with van der Waals surface area (Å²) in [6.45, 7) is 5.19. The lowest BCUT2D eigenvalue weighted by Crippen LogP contribution is -2.39. The van der Waals surface area contributed by atoms with E-state index >= 15 is 0 Å². The second kappa shape index (κ2) is 5.76. The number of likely N-dealkylation sites (tertiary alicyclic amines) is 1. The monoisotopic (exact) mass is 311 g/mol. The van der Waals surface area contributed by atoms with Gasteiger partial charge in [-0.3, -0.25) is 14.5 Å². The second-order valence-corrected chi connectivity index (χ2v) is 6.25. The number of hydrogen-bond donors (Lipinski definition) is 1. The molecular formula is C16H19F2NO3. The van der Waals surface area contributed by atoms with Gasteiger partial charge in [-0.15, -0.1) is 0 Å². The van der Waals surface area contributed by atoms with Crippen LogP contribution in [-0.2, 0) is 9.59 Å². The van der Waals surface area contributed by atoms with E-state index in [0.29, 0.717) is 0 Å². The van der Waals surface area contributed by atoms with Crippen molar-refractivity contribution in [1.29, 1.82) is 0 Å². The van der Waals surface area contributed by atoms with Gasteiger partial charge in [0.1, 0.15) is 0 Å². The molecule has 2 rings (SSSR count). The summed E-state index contributed by atoms with van der Waals surface area (Å²) in [6.07, 6.45) is -1.16. The fourth-order valence-corrected chi connectivity index (χ4v) is 2.54. The van der Waals surface area contributed by atoms with E-state index in [1.165, 1.54) is 6.07 Å². The molecule has 2 atom stereocenters. The quantitative estimate of drug-likeness (QED) is 0.869. The largest absolute Gasteiger partial charge is 0.387 e. The lowest BCUT2D eigenvalue weighted by Gasteiger charge is -2.26. The Hall–Kier alpha value is -1.82. The summed E-state index contributed by atoms with van der Waals surface area (Å²) in [7, 11) is 0. The van der Waals surface area contributed by atoms with Gasteiger partial charge in [-0.05, 0) is 30.5 Å². The first-order chi connectivity index (χ1) is 10.2.